The Morgan fingerprint density at radius 3 is 2.92 bits per heavy atom. The van der Waals surface area contributed by atoms with E-state index >= 15 is 0 Å². The van der Waals surface area contributed by atoms with Crippen molar-refractivity contribution < 1.29 is 4.79 Å². The van der Waals surface area contributed by atoms with Crippen molar-refractivity contribution in [3.05, 3.63) is 69.0 Å². The zero-order valence-electron chi connectivity index (χ0n) is 13.3. The maximum absolute atomic E-state index is 12.2. The van der Waals surface area contributed by atoms with Crippen LogP contribution in [-0.4, -0.2) is 25.1 Å². The van der Waals surface area contributed by atoms with Gasteiger partial charge in [-0.05, 0) is 24.3 Å². The maximum Gasteiger partial charge on any atom is 0.350 e. The molecule has 0 radical (unpaired) electrons. The Morgan fingerprint density at radius 1 is 1.23 bits per heavy atom. The van der Waals surface area contributed by atoms with E-state index < -0.39 is 0 Å². The predicted molar refractivity (Wildman–Crippen MR) is 103 cm³/mol. The average molecular weight is 430 g/mol. The summed E-state index contributed by atoms with van der Waals surface area (Å²) in [4.78, 5) is 28.9. The second-order valence-corrected chi connectivity index (χ2v) is 7.24. The van der Waals surface area contributed by atoms with Crippen LogP contribution in [0.5, 0.6) is 0 Å². The lowest BCUT2D eigenvalue weighted by molar-refractivity contribution is -0.117. The van der Waals surface area contributed by atoms with Crippen LogP contribution in [0.3, 0.4) is 0 Å². The molecule has 0 atom stereocenters. The summed E-state index contributed by atoms with van der Waals surface area (Å²) in [5.41, 5.74) is 1.87. The van der Waals surface area contributed by atoms with Crippen LogP contribution >= 0.6 is 27.3 Å². The van der Waals surface area contributed by atoms with Crippen LogP contribution in [0.25, 0.3) is 16.9 Å². The lowest BCUT2D eigenvalue weighted by atomic mass is 10.2. The number of rotatable bonds is 4. The van der Waals surface area contributed by atoms with Crippen molar-refractivity contribution in [3.63, 3.8) is 0 Å². The van der Waals surface area contributed by atoms with Gasteiger partial charge in [0.15, 0.2) is 10.8 Å². The number of anilines is 1. The van der Waals surface area contributed by atoms with E-state index in [4.69, 9.17) is 0 Å². The Labute approximate surface area is 160 Å². The molecule has 1 amide bonds. The molecule has 0 fully saturated rings. The van der Waals surface area contributed by atoms with Crippen LogP contribution in [-0.2, 0) is 11.3 Å². The van der Waals surface area contributed by atoms with Gasteiger partial charge in [-0.3, -0.25) is 9.20 Å². The molecule has 0 spiro atoms. The molecule has 7 nitrogen and oxygen atoms in total. The van der Waals surface area contributed by atoms with Crippen LogP contribution in [0.15, 0.2) is 63.3 Å². The van der Waals surface area contributed by atoms with Gasteiger partial charge in [0.25, 0.3) is 0 Å². The van der Waals surface area contributed by atoms with Crippen LogP contribution in [0.2, 0.25) is 0 Å². The zero-order chi connectivity index (χ0) is 18.1. The second-order valence-electron chi connectivity index (χ2n) is 5.47. The fourth-order valence-corrected chi connectivity index (χ4v) is 3.61. The second kappa shape index (κ2) is 6.85. The number of carbonyl (C=O) groups excluding carboxylic acids is 1. The van der Waals surface area contributed by atoms with Gasteiger partial charge >= 0.3 is 5.69 Å². The molecule has 9 heteroatoms. The topological polar surface area (TPSA) is 81.3 Å². The van der Waals surface area contributed by atoms with E-state index in [1.54, 1.807) is 24.4 Å². The van der Waals surface area contributed by atoms with Crippen molar-refractivity contribution in [1.82, 2.24) is 19.2 Å². The number of aromatic nitrogens is 4. The number of pyridine rings is 1. The van der Waals surface area contributed by atoms with E-state index in [9.17, 15) is 9.59 Å². The van der Waals surface area contributed by atoms with Crippen molar-refractivity contribution in [2.45, 2.75) is 6.54 Å². The number of benzene rings is 1. The van der Waals surface area contributed by atoms with E-state index in [1.807, 2.05) is 29.6 Å². The smallest absolute Gasteiger partial charge is 0.300 e. The van der Waals surface area contributed by atoms with Crippen molar-refractivity contribution in [1.29, 1.82) is 0 Å². The van der Waals surface area contributed by atoms with Crippen LogP contribution in [0.4, 0.5) is 5.13 Å². The van der Waals surface area contributed by atoms with Crippen molar-refractivity contribution >= 4 is 44.0 Å². The summed E-state index contributed by atoms with van der Waals surface area (Å²) in [6.45, 7) is -0.174. The molecule has 4 rings (SSSR count). The van der Waals surface area contributed by atoms with Crippen LogP contribution in [0.1, 0.15) is 0 Å². The Bertz CT molecular complexity index is 1160. The number of hydrogen-bond acceptors (Lipinski definition) is 5. The third kappa shape index (κ3) is 3.31. The molecule has 1 N–H and O–H groups in total. The van der Waals surface area contributed by atoms with Gasteiger partial charge in [-0.25, -0.2) is 14.5 Å². The highest BCUT2D eigenvalue weighted by atomic mass is 79.9. The van der Waals surface area contributed by atoms with Gasteiger partial charge in [-0.1, -0.05) is 34.1 Å². The summed E-state index contributed by atoms with van der Waals surface area (Å²) in [5, 5.41) is 9.20. The highest BCUT2D eigenvalue weighted by molar-refractivity contribution is 9.10. The first-order valence-corrected chi connectivity index (χ1v) is 9.33. The summed E-state index contributed by atoms with van der Waals surface area (Å²) in [6, 6.07) is 13.0. The predicted octanol–water partition coefficient (Wildman–Crippen LogP) is 3.02. The lowest BCUT2D eigenvalue weighted by Crippen LogP contribution is -2.28. The van der Waals surface area contributed by atoms with Crippen molar-refractivity contribution in [2.24, 2.45) is 0 Å². The molecule has 0 bridgehead atoms. The summed E-state index contributed by atoms with van der Waals surface area (Å²) in [5.74, 6) is -0.356. The molecule has 0 aliphatic carbocycles. The number of fused-ring (bicyclic) bond motifs is 1. The van der Waals surface area contributed by atoms with Gasteiger partial charge in [-0.15, -0.1) is 16.4 Å². The molecule has 26 heavy (non-hydrogen) atoms. The first kappa shape index (κ1) is 16.7. The molecule has 0 saturated carbocycles. The number of nitrogens with zero attached hydrogens (tertiary/aromatic N) is 4. The minimum absolute atomic E-state index is 0.174. The molecule has 130 valence electrons. The number of thiazole rings is 1. The van der Waals surface area contributed by atoms with E-state index in [2.05, 4.69) is 31.3 Å². The third-order valence-electron chi connectivity index (χ3n) is 3.65. The fraction of sp³-hybridized carbons (Fsp3) is 0.0588. The summed E-state index contributed by atoms with van der Waals surface area (Å²) in [6.07, 6.45) is 1.62. The molecule has 0 unspecified atom stereocenters. The average Bonchev–Trinajstić information content (AvgIpc) is 3.21. The number of carbonyl (C=O) groups is 1. The van der Waals surface area contributed by atoms with E-state index in [0.29, 0.717) is 10.8 Å². The molecule has 4 aromatic rings. The summed E-state index contributed by atoms with van der Waals surface area (Å²) >= 11 is 4.76. The van der Waals surface area contributed by atoms with Crippen LogP contribution < -0.4 is 11.0 Å². The van der Waals surface area contributed by atoms with Gasteiger partial charge < -0.3 is 5.32 Å². The van der Waals surface area contributed by atoms with Gasteiger partial charge in [0.05, 0.1) is 5.69 Å². The molecular weight excluding hydrogens is 418 g/mol. The third-order valence-corrected chi connectivity index (χ3v) is 4.90. The molecule has 3 aromatic heterocycles. The van der Waals surface area contributed by atoms with Gasteiger partial charge in [0.1, 0.15) is 6.54 Å². The number of hydrogen-bond donors (Lipinski definition) is 1. The van der Waals surface area contributed by atoms with E-state index in [-0.39, 0.29) is 18.1 Å². The number of nitrogens with one attached hydrogen (secondary N) is 1. The minimum atomic E-state index is -0.357. The molecular formula is C17H12BrN5O2S. The molecule has 1 aromatic carbocycles. The van der Waals surface area contributed by atoms with Crippen molar-refractivity contribution in [3.8, 4) is 11.3 Å². The first-order valence-electron chi connectivity index (χ1n) is 7.66. The van der Waals surface area contributed by atoms with Crippen molar-refractivity contribution in [2.75, 3.05) is 5.32 Å². The van der Waals surface area contributed by atoms with E-state index in [1.165, 1.54) is 15.7 Å². The molecule has 0 aliphatic heterocycles. The molecule has 3 heterocycles. The summed E-state index contributed by atoms with van der Waals surface area (Å²) < 4.78 is 3.48. The van der Waals surface area contributed by atoms with Gasteiger partial charge in [0.2, 0.25) is 5.91 Å². The Morgan fingerprint density at radius 2 is 2.12 bits per heavy atom. The van der Waals surface area contributed by atoms with Crippen LogP contribution in [0, 0.1) is 0 Å². The highest BCUT2D eigenvalue weighted by Crippen LogP contribution is 2.26. The van der Waals surface area contributed by atoms with Gasteiger partial charge in [-0.2, -0.15) is 0 Å². The molecule has 0 aliphatic rings. The zero-order valence-corrected chi connectivity index (χ0v) is 15.7. The lowest BCUT2D eigenvalue weighted by Gasteiger charge is -2.01. The molecule has 0 saturated heterocycles. The highest BCUT2D eigenvalue weighted by Gasteiger charge is 2.12. The Balaban J connectivity index is 1.50. The minimum Gasteiger partial charge on any atom is -0.300 e. The Hall–Kier alpha value is -2.78. The van der Waals surface area contributed by atoms with Gasteiger partial charge in [0, 0.05) is 21.6 Å². The largest absolute Gasteiger partial charge is 0.350 e. The monoisotopic (exact) mass is 429 g/mol. The standard InChI is InChI=1S/C17H12BrN5O2S/c18-12-5-3-4-11(8-12)13-10-26-16(19-13)20-15(24)9-23-17(25)22-7-2-1-6-14(22)21-23/h1-8,10H,9H2,(H,19,20,24). The number of amides is 1. The fourth-order valence-electron chi connectivity index (χ4n) is 2.48. The Kier molecular flexibility index (Phi) is 4.39. The quantitative estimate of drug-likeness (QED) is 0.540. The normalized spacial score (nSPS) is 11.0. The maximum atomic E-state index is 12.2. The van der Waals surface area contributed by atoms with E-state index in [0.717, 1.165) is 20.4 Å². The summed E-state index contributed by atoms with van der Waals surface area (Å²) in [7, 11) is 0. The SMILES string of the molecule is O=C(Cn1nc2ccccn2c1=O)Nc1nc(-c2cccc(Br)c2)cs1. The first-order chi connectivity index (χ1) is 12.6. The number of halogens is 1.